The monoisotopic (exact) mass is 1130 g/mol. The molecule has 0 spiro atoms. The number of allylic oxidation sites excluding steroid dienone is 2. The maximum atomic E-state index is 14.1. The summed E-state index contributed by atoms with van der Waals surface area (Å²) < 4.78 is 38.4. The van der Waals surface area contributed by atoms with Gasteiger partial charge in [0, 0.05) is 79.9 Å². The van der Waals surface area contributed by atoms with Crippen LogP contribution in [0.1, 0.15) is 115 Å². The van der Waals surface area contributed by atoms with Gasteiger partial charge in [0.2, 0.25) is 5.91 Å². The number of aryl methyl sites for hydroxylation is 2. The number of benzene rings is 2. The number of hydrogen-bond acceptors (Lipinski definition) is 15. The van der Waals surface area contributed by atoms with Gasteiger partial charge in [-0.05, 0) is 101 Å². The summed E-state index contributed by atoms with van der Waals surface area (Å²) in [6, 6.07) is 16.3. The number of carbonyl (C=O) groups is 5. The van der Waals surface area contributed by atoms with Crippen LogP contribution in [0.25, 0.3) is 16.3 Å². The van der Waals surface area contributed by atoms with Crippen LogP contribution in [0.3, 0.4) is 0 Å². The Kier molecular flexibility index (Phi) is 15.1. The Hall–Kier alpha value is -6.41. The molecule has 2 saturated heterocycles. The number of thiophene rings is 1. The molecule has 0 radical (unpaired) electrons. The van der Waals surface area contributed by atoms with Gasteiger partial charge in [0.15, 0.2) is 11.6 Å². The zero-order valence-electron chi connectivity index (χ0n) is 46.3. The zero-order chi connectivity index (χ0) is 56.4. The fourth-order valence-electron chi connectivity index (χ4n) is 14.1. The first-order valence-corrected chi connectivity index (χ1v) is 28.7. The van der Waals surface area contributed by atoms with E-state index in [0.29, 0.717) is 81.3 Å². The SMILES string of the molecule is CC(=O)C[C@@H]1C2(C)C(=O)C=C[C@@]3(C)C(=O)O[C@@H]([C@H]4O[C@@H]5C[C@@H](c6ccoc6-c6ccc(C(=O)NCCOCCOCCOCCNC(=O)C[C@@H]7N=C(c8ccc(Cl)cc8)c8c(sc(C)c8C)-n8c(C)nnc87)cc6)C(C)=C5[C@]41C)[C@H]23. The quantitative estimate of drug-likeness (QED) is 0.0424. The number of rotatable bonds is 20. The average molecular weight is 1130 g/mol. The van der Waals surface area contributed by atoms with Crippen LogP contribution in [0.15, 0.2) is 93.6 Å². The molecular weight excluding hydrogens is 1060 g/mol. The molecule has 1 unspecified atom stereocenters. The van der Waals surface area contributed by atoms with E-state index >= 15 is 0 Å². The van der Waals surface area contributed by atoms with Crippen LogP contribution in [0.4, 0.5) is 0 Å². The molecule has 6 aliphatic rings. The summed E-state index contributed by atoms with van der Waals surface area (Å²) in [6.07, 6.45) is 4.35. The fourth-order valence-corrected chi connectivity index (χ4v) is 15.4. The first-order valence-electron chi connectivity index (χ1n) is 27.5. The van der Waals surface area contributed by atoms with Crippen LogP contribution in [0, 0.1) is 48.9 Å². The van der Waals surface area contributed by atoms with Gasteiger partial charge in [0.25, 0.3) is 5.91 Å². The van der Waals surface area contributed by atoms with E-state index in [-0.39, 0.29) is 54.2 Å². The number of halogens is 1. The van der Waals surface area contributed by atoms with Crippen molar-refractivity contribution in [3.05, 3.63) is 134 Å². The summed E-state index contributed by atoms with van der Waals surface area (Å²) in [5.74, 6) is 0.210. The van der Waals surface area contributed by atoms with Gasteiger partial charge in [-0.1, -0.05) is 61.4 Å². The molecule has 0 bridgehead atoms. The molecule has 5 aromatic rings. The number of esters is 1. The summed E-state index contributed by atoms with van der Waals surface area (Å²) in [6.45, 7) is 18.3. The van der Waals surface area contributed by atoms with E-state index in [1.807, 2.05) is 67.8 Å². The number of ether oxygens (including phenoxy) is 5. The number of hydrogen-bond donors (Lipinski definition) is 2. The second-order valence-corrected chi connectivity index (χ2v) is 24.3. The largest absolute Gasteiger partial charge is 0.464 e. The van der Waals surface area contributed by atoms with Crippen molar-refractivity contribution in [1.82, 2.24) is 25.4 Å². The lowest BCUT2D eigenvalue weighted by Crippen LogP contribution is -2.66. The summed E-state index contributed by atoms with van der Waals surface area (Å²) >= 11 is 7.91. The second-order valence-electron chi connectivity index (χ2n) is 22.6. The standard InChI is InChI=1S/C61H67ClN6O11S/c1-32(69)29-45-60(7)46(70)17-19-59(6)53(60)52(79-58(59)73)54-61(45,8)49-34(3)42(30-44(49)78-54)41-18-22-77-51(41)38-9-11-39(12-10-38)56(72)64-21-24-75-26-28-76-27-25-74-23-20-63-47(71)31-43-55-67-66-36(5)68(55)57-48(33(2)35(4)80-57)50(65-43)37-13-15-40(62)16-14-37/h9-19,22,42-45,52-54H,20-21,23-31H2,1-8H3,(H,63,71)(H,64,72)/t42-,43+,44-,45-,52-,53+,54-,59-,60?,61-/m1/s1. The van der Waals surface area contributed by atoms with Gasteiger partial charge in [-0.3, -0.25) is 28.7 Å². The van der Waals surface area contributed by atoms with Crippen LogP contribution in [0.5, 0.6) is 0 Å². The third-order valence-corrected chi connectivity index (χ3v) is 19.4. The summed E-state index contributed by atoms with van der Waals surface area (Å²) in [7, 11) is 0. The molecule has 3 fully saturated rings. The number of furan rings is 1. The minimum Gasteiger partial charge on any atom is -0.464 e. The zero-order valence-corrected chi connectivity index (χ0v) is 47.9. The number of fused-ring (bicyclic) bond motifs is 7. The lowest BCUT2D eigenvalue weighted by Gasteiger charge is -2.59. The van der Waals surface area contributed by atoms with Crippen LogP contribution >= 0.6 is 22.9 Å². The number of nitrogens with one attached hydrogen (secondary N) is 2. The highest BCUT2D eigenvalue weighted by Crippen LogP contribution is 2.72. The minimum atomic E-state index is -1.03. The molecular formula is C61H67ClN6O11S. The van der Waals surface area contributed by atoms with Crippen LogP contribution in [0.2, 0.25) is 5.02 Å². The molecule has 6 heterocycles. The summed E-state index contributed by atoms with van der Waals surface area (Å²) in [5.41, 5.74) is 5.52. The Balaban J connectivity index is 0.611. The highest BCUT2D eigenvalue weighted by molar-refractivity contribution is 7.15. The molecule has 1 saturated carbocycles. The summed E-state index contributed by atoms with van der Waals surface area (Å²) in [4.78, 5) is 73.6. The van der Waals surface area contributed by atoms with Crippen LogP contribution in [-0.4, -0.2) is 121 Å². The Morgan fingerprint density at radius 1 is 0.838 bits per heavy atom. The molecule has 2 amide bonds. The van der Waals surface area contributed by atoms with Crippen molar-refractivity contribution in [3.63, 3.8) is 0 Å². The predicted molar refractivity (Wildman–Crippen MR) is 299 cm³/mol. The van der Waals surface area contributed by atoms with E-state index in [0.717, 1.165) is 55.5 Å². The molecule has 420 valence electrons. The highest BCUT2D eigenvalue weighted by atomic mass is 35.5. The lowest BCUT2D eigenvalue weighted by atomic mass is 9.42. The van der Waals surface area contributed by atoms with Crippen molar-refractivity contribution < 1.29 is 52.1 Å². The van der Waals surface area contributed by atoms with Gasteiger partial charge in [-0.2, -0.15) is 0 Å². The Bertz CT molecular complexity index is 3380. The number of ketones is 2. The molecule has 3 aliphatic carbocycles. The van der Waals surface area contributed by atoms with Crippen LogP contribution < -0.4 is 10.6 Å². The van der Waals surface area contributed by atoms with Gasteiger partial charge < -0.3 is 43.5 Å². The highest BCUT2D eigenvalue weighted by Gasteiger charge is 2.77. The number of nitrogens with zero attached hydrogens (tertiary/aromatic N) is 4. The predicted octanol–water partition coefficient (Wildman–Crippen LogP) is 8.93. The third kappa shape index (κ3) is 9.42. The molecule has 80 heavy (non-hydrogen) atoms. The molecule has 17 nitrogen and oxygen atoms in total. The number of carbonyl (C=O) groups excluding carboxylic acids is 5. The van der Waals surface area contributed by atoms with E-state index in [9.17, 15) is 24.0 Å². The van der Waals surface area contributed by atoms with Crippen molar-refractivity contribution in [1.29, 1.82) is 0 Å². The van der Waals surface area contributed by atoms with E-state index in [2.05, 4.69) is 48.5 Å². The van der Waals surface area contributed by atoms with Crippen molar-refractivity contribution in [2.75, 3.05) is 52.7 Å². The van der Waals surface area contributed by atoms with E-state index < -0.39 is 46.3 Å². The van der Waals surface area contributed by atoms with E-state index in [1.165, 1.54) is 11.0 Å². The second kappa shape index (κ2) is 21.8. The number of aliphatic imine (C=N–C) groups is 1. The lowest BCUT2D eigenvalue weighted by molar-refractivity contribution is -0.187. The first kappa shape index (κ1) is 55.5. The molecule has 19 heteroatoms. The van der Waals surface area contributed by atoms with Gasteiger partial charge >= 0.3 is 5.97 Å². The third-order valence-electron chi connectivity index (χ3n) is 17.9. The maximum Gasteiger partial charge on any atom is 0.316 e. The van der Waals surface area contributed by atoms with Crippen LogP contribution in [-0.2, 0) is 42.9 Å². The number of amides is 2. The summed E-state index contributed by atoms with van der Waals surface area (Å²) in [5, 5.41) is 16.3. The number of Topliss-reactive ketones (excluding diaryl/α,β-unsaturated/α-hetero) is 1. The van der Waals surface area contributed by atoms with Gasteiger partial charge in [0.05, 0.1) is 69.6 Å². The van der Waals surface area contributed by atoms with Crippen molar-refractivity contribution in [3.8, 4) is 16.3 Å². The topological polar surface area (TPSA) is 212 Å². The van der Waals surface area contributed by atoms with E-state index in [1.54, 1.807) is 42.7 Å². The normalized spacial score (nSPS) is 27.9. The van der Waals surface area contributed by atoms with Crippen molar-refractivity contribution in [2.45, 2.75) is 105 Å². The average Bonchev–Trinajstić information content (AvgIpc) is 4.42. The van der Waals surface area contributed by atoms with Crippen molar-refractivity contribution in [2.24, 2.45) is 33.1 Å². The Labute approximate surface area is 473 Å². The molecule has 2 N–H and O–H groups in total. The minimum absolute atomic E-state index is 0.0165. The van der Waals surface area contributed by atoms with Crippen molar-refractivity contribution >= 4 is 58.0 Å². The van der Waals surface area contributed by atoms with E-state index in [4.69, 9.17) is 44.7 Å². The fraction of sp³-hybridized carbons (Fsp3) is 0.475. The first-order chi connectivity index (χ1) is 38.4. The Morgan fingerprint density at radius 3 is 2.21 bits per heavy atom. The Morgan fingerprint density at radius 2 is 1.51 bits per heavy atom. The maximum absolute atomic E-state index is 14.1. The molecule has 3 aromatic heterocycles. The molecule has 10 atom stereocenters. The smallest absolute Gasteiger partial charge is 0.316 e. The van der Waals surface area contributed by atoms with Gasteiger partial charge in [-0.15, -0.1) is 21.5 Å². The number of aromatic nitrogens is 3. The van der Waals surface area contributed by atoms with Gasteiger partial charge in [-0.25, -0.2) is 0 Å². The molecule has 11 rings (SSSR count). The molecule has 3 aliphatic heterocycles. The van der Waals surface area contributed by atoms with Gasteiger partial charge in [0.1, 0.15) is 40.6 Å². The molecule has 2 aromatic carbocycles.